The fraction of sp³-hybridized carbons (Fsp3) is 0.450. The minimum atomic E-state index is -0.0441. The molecule has 3 heterocycles. The van der Waals surface area contributed by atoms with Crippen molar-refractivity contribution >= 4 is 0 Å². The van der Waals surface area contributed by atoms with Gasteiger partial charge in [-0.05, 0) is 29.8 Å². The number of benzene rings is 1. The van der Waals surface area contributed by atoms with Crippen LogP contribution in [0.4, 0.5) is 0 Å². The van der Waals surface area contributed by atoms with Crippen molar-refractivity contribution in [3.05, 3.63) is 54.4 Å². The average Bonchev–Trinajstić information content (AvgIpc) is 2.62. The standard InChI is InChI=1S/C20H24N2O3/c1-23-17-6-4-16(5-7-17)13-22-14-20(15-22)11-18(8-10-24-20)25-19-3-2-9-21-12-19/h2-7,9,12,18H,8,10-11,13-15H2,1H3/t18-/m1/s1. The van der Waals surface area contributed by atoms with Gasteiger partial charge < -0.3 is 14.2 Å². The third kappa shape index (κ3) is 3.78. The molecule has 1 aromatic carbocycles. The van der Waals surface area contributed by atoms with E-state index in [0.29, 0.717) is 0 Å². The summed E-state index contributed by atoms with van der Waals surface area (Å²) in [7, 11) is 1.69. The molecule has 1 spiro atoms. The van der Waals surface area contributed by atoms with Crippen molar-refractivity contribution in [1.29, 1.82) is 0 Å². The second-order valence-corrected chi connectivity index (χ2v) is 6.95. The lowest BCUT2D eigenvalue weighted by Gasteiger charge is -2.53. The molecule has 1 atom stereocenters. The molecule has 25 heavy (non-hydrogen) atoms. The number of nitrogens with zero attached hydrogens (tertiary/aromatic N) is 2. The second kappa shape index (κ2) is 7.02. The van der Waals surface area contributed by atoms with Crippen LogP contribution >= 0.6 is 0 Å². The van der Waals surface area contributed by atoms with Gasteiger partial charge in [0.2, 0.25) is 0 Å². The van der Waals surface area contributed by atoms with Crippen LogP contribution in [-0.4, -0.2) is 48.4 Å². The van der Waals surface area contributed by atoms with Gasteiger partial charge in [0.1, 0.15) is 17.6 Å². The molecule has 4 rings (SSSR count). The van der Waals surface area contributed by atoms with Gasteiger partial charge in [-0.1, -0.05) is 12.1 Å². The van der Waals surface area contributed by atoms with E-state index in [2.05, 4.69) is 22.0 Å². The van der Waals surface area contributed by atoms with Crippen molar-refractivity contribution in [2.24, 2.45) is 0 Å². The predicted molar refractivity (Wildman–Crippen MR) is 94.8 cm³/mol. The Bertz CT molecular complexity index is 684. The fourth-order valence-corrected chi connectivity index (χ4v) is 3.78. The Morgan fingerprint density at radius 1 is 1.20 bits per heavy atom. The van der Waals surface area contributed by atoms with E-state index in [0.717, 1.165) is 50.6 Å². The summed E-state index contributed by atoms with van der Waals surface area (Å²) in [5.41, 5.74) is 1.26. The van der Waals surface area contributed by atoms with Gasteiger partial charge in [-0.15, -0.1) is 0 Å². The van der Waals surface area contributed by atoms with Crippen LogP contribution in [0.15, 0.2) is 48.8 Å². The summed E-state index contributed by atoms with van der Waals surface area (Å²) in [5, 5.41) is 0. The van der Waals surface area contributed by atoms with Crippen LogP contribution in [0.1, 0.15) is 18.4 Å². The molecule has 2 saturated heterocycles. The van der Waals surface area contributed by atoms with Gasteiger partial charge in [0.25, 0.3) is 0 Å². The van der Waals surface area contributed by atoms with E-state index in [-0.39, 0.29) is 11.7 Å². The first-order valence-corrected chi connectivity index (χ1v) is 8.81. The van der Waals surface area contributed by atoms with Crippen molar-refractivity contribution in [3.8, 4) is 11.5 Å². The van der Waals surface area contributed by atoms with Gasteiger partial charge in [-0.2, -0.15) is 0 Å². The second-order valence-electron chi connectivity index (χ2n) is 6.95. The van der Waals surface area contributed by atoms with Gasteiger partial charge >= 0.3 is 0 Å². The number of hydrogen-bond acceptors (Lipinski definition) is 5. The molecule has 0 unspecified atom stereocenters. The Morgan fingerprint density at radius 3 is 2.76 bits per heavy atom. The first-order valence-electron chi connectivity index (χ1n) is 8.81. The zero-order valence-electron chi connectivity index (χ0n) is 14.6. The molecule has 2 aliphatic rings. The smallest absolute Gasteiger partial charge is 0.138 e. The lowest BCUT2D eigenvalue weighted by molar-refractivity contribution is -0.188. The van der Waals surface area contributed by atoms with Gasteiger partial charge in [0, 0.05) is 38.7 Å². The molecule has 0 radical (unpaired) electrons. The maximum Gasteiger partial charge on any atom is 0.138 e. The van der Waals surface area contributed by atoms with Gasteiger partial charge in [0.05, 0.1) is 25.5 Å². The Morgan fingerprint density at radius 2 is 2.04 bits per heavy atom. The van der Waals surface area contributed by atoms with E-state index in [1.54, 1.807) is 19.5 Å². The molecule has 0 N–H and O–H groups in total. The van der Waals surface area contributed by atoms with Crippen molar-refractivity contribution in [3.63, 3.8) is 0 Å². The number of aromatic nitrogens is 1. The van der Waals surface area contributed by atoms with Crippen molar-refractivity contribution in [1.82, 2.24) is 9.88 Å². The maximum absolute atomic E-state index is 6.12. The molecule has 5 nitrogen and oxygen atoms in total. The summed E-state index contributed by atoms with van der Waals surface area (Å²) in [6.45, 7) is 3.64. The number of methoxy groups -OCH3 is 1. The van der Waals surface area contributed by atoms with Crippen LogP contribution in [0.2, 0.25) is 0 Å². The largest absolute Gasteiger partial charge is 0.497 e. The molecule has 0 saturated carbocycles. The molecule has 2 fully saturated rings. The van der Waals surface area contributed by atoms with Crippen LogP contribution in [0, 0.1) is 0 Å². The molecular weight excluding hydrogens is 316 g/mol. The molecule has 1 aromatic heterocycles. The number of likely N-dealkylation sites (tertiary alicyclic amines) is 1. The predicted octanol–water partition coefficient (Wildman–Crippen LogP) is 2.90. The number of rotatable bonds is 5. The van der Waals surface area contributed by atoms with Gasteiger partial charge in [-0.25, -0.2) is 0 Å². The van der Waals surface area contributed by atoms with Crippen LogP contribution in [0.25, 0.3) is 0 Å². The lowest BCUT2D eigenvalue weighted by Crippen LogP contribution is -2.65. The highest BCUT2D eigenvalue weighted by Crippen LogP contribution is 2.36. The number of pyridine rings is 1. The first-order chi connectivity index (χ1) is 12.2. The third-order valence-electron chi connectivity index (χ3n) is 4.97. The highest BCUT2D eigenvalue weighted by Gasteiger charge is 2.47. The molecule has 0 aliphatic carbocycles. The van der Waals surface area contributed by atoms with Crippen molar-refractivity contribution < 1.29 is 14.2 Å². The monoisotopic (exact) mass is 340 g/mol. The Labute approximate surface area is 148 Å². The van der Waals surface area contributed by atoms with E-state index in [9.17, 15) is 0 Å². The van der Waals surface area contributed by atoms with Gasteiger partial charge in [-0.3, -0.25) is 9.88 Å². The third-order valence-corrected chi connectivity index (χ3v) is 4.97. The van der Waals surface area contributed by atoms with Crippen LogP contribution < -0.4 is 9.47 Å². The normalized spacial score (nSPS) is 22.4. The molecule has 132 valence electrons. The highest BCUT2D eigenvalue weighted by molar-refractivity contribution is 5.27. The van der Waals surface area contributed by atoms with E-state index >= 15 is 0 Å². The van der Waals surface area contributed by atoms with E-state index in [1.165, 1.54) is 5.56 Å². The average molecular weight is 340 g/mol. The number of ether oxygens (including phenoxy) is 3. The first kappa shape index (κ1) is 16.4. The SMILES string of the molecule is COc1ccc(CN2CC3(C[C@H](Oc4cccnc4)CCO3)C2)cc1. The summed E-state index contributed by atoms with van der Waals surface area (Å²) in [6.07, 6.45) is 5.64. The zero-order valence-corrected chi connectivity index (χ0v) is 14.6. The van der Waals surface area contributed by atoms with Crippen molar-refractivity contribution in [2.45, 2.75) is 31.1 Å². The van der Waals surface area contributed by atoms with E-state index in [1.807, 2.05) is 24.3 Å². The fourth-order valence-electron chi connectivity index (χ4n) is 3.78. The summed E-state index contributed by atoms with van der Waals surface area (Å²) in [6, 6.07) is 12.1. The molecular formula is C20H24N2O3. The Kier molecular flexibility index (Phi) is 4.59. The van der Waals surface area contributed by atoms with Crippen LogP contribution in [-0.2, 0) is 11.3 Å². The maximum atomic E-state index is 6.12. The highest BCUT2D eigenvalue weighted by atomic mass is 16.5. The summed E-state index contributed by atoms with van der Waals surface area (Å²) < 4.78 is 17.4. The molecule has 5 heteroatoms. The minimum Gasteiger partial charge on any atom is -0.497 e. The van der Waals surface area contributed by atoms with E-state index < -0.39 is 0 Å². The van der Waals surface area contributed by atoms with Crippen LogP contribution in [0.3, 0.4) is 0 Å². The van der Waals surface area contributed by atoms with Gasteiger partial charge in [0.15, 0.2) is 0 Å². The summed E-state index contributed by atoms with van der Waals surface area (Å²) in [5.74, 6) is 1.74. The molecule has 0 bridgehead atoms. The Hall–Kier alpha value is -2.11. The molecule has 2 aromatic rings. The van der Waals surface area contributed by atoms with Crippen molar-refractivity contribution in [2.75, 3.05) is 26.8 Å². The topological polar surface area (TPSA) is 43.8 Å². The molecule has 2 aliphatic heterocycles. The zero-order chi connectivity index (χ0) is 17.1. The summed E-state index contributed by atoms with van der Waals surface area (Å²) >= 11 is 0. The Balaban J connectivity index is 1.30. The quantitative estimate of drug-likeness (QED) is 0.837. The van der Waals surface area contributed by atoms with Crippen LogP contribution in [0.5, 0.6) is 11.5 Å². The minimum absolute atomic E-state index is 0.0441. The molecule has 0 amide bonds. The van der Waals surface area contributed by atoms with E-state index in [4.69, 9.17) is 14.2 Å². The lowest BCUT2D eigenvalue weighted by atomic mass is 9.84. The summed E-state index contributed by atoms with van der Waals surface area (Å²) in [4.78, 5) is 6.54. The number of hydrogen-bond donors (Lipinski definition) is 0.